The number of allylic oxidation sites excluding steroid dienone is 1. The molecule has 218 valence electrons. The molecule has 0 spiro atoms. The maximum absolute atomic E-state index is 13.3. The lowest BCUT2D eigenvalue weighted by Crippen LogP contribution is -2.44. The van der Waals surface area contributed by atoms with Crippen LogP contribution in [0.2, 0.25) is 0 Å². The van der Waals surface area contributed by atoms with E-state index in [2.05, 4.69) is 39.5 Å². The molecule has 0 aliphatic heterocycles. The molecule has 0 aliphatic carbocycles. The number of nitrogens with zero attached hydrogens (tertiary/aromatic N) is 3. The van der Waals surface area contributed by atoms with Crippen LogP contribution in [0, 0.1) is 5.92 Å². The highest BCUT2D eigenvalue weighted by Crippen LogP contribution is 2.23. The largest absolute Gasteiger partial charge is 0.464 e. The summed E-state index contributed by atoms with van der Waals surface area (Å²) in [5.74, 6) is -0.521. The number of nitrogens with one attached hydrogen (secondary N) is 3. The second-order valence-corrected chi connectivity index (χ2v) is 9.66. The fraction of sp³-hybridized carbons (Fsp3) is 0.357. The Morgan fingerprint density at radius 1 is 1.15 bits per heavy atom. The molecule has 0 saturated carbocycles. The highest BCUT2D eigenvalue weighted by molar-refractivity contribution is 5.96. The zero-order valence-electron chi connectivity index (χ0n) is 23.3. The number of likely N-dealkylation sites (N-methyl/N-ethyl adjacent to an activating group) is 1. The van der Waals surface area contributed by atoms with Crippen molar-refractivity contribution >= 4 is 40.7 Å². The van der Waals surface area contributed by atoms with E-state index < -0.39 is 29.7 Å². The number of alkyl carbamates (subject to hydrolysis) is 1. The number of imidazole rings is 1. The summed E-state index contributed by atoms with van der Waals surface area (Å²) in [5, 5.41) is 17.3. The fourth-order valence-electron chi connectivity index (χ4n) is 4.26. The number of carboxylic acid groups (broad SMARTS) is 1. The molecule has 3 rings (SSSR count). The molecule has 0 fully saturated rings. The van der Waals surface area contributed by atoms with E-state index in [9.17, 15) is 29.1 Å². The molecule has 3 aromatic rings. The van der Waals surface area contributed by atoms with Gasteiger partial charge in [-0.25, -0.2) is 19.1 Å². The molecule has 3 amide bonds. The van der Waals surface area contributed by atoms with E-state index >= 15 is 0 Å². The van der Waals surface area contributed by atoms with E-state index in [0.29, 0.717) is 23.4 Å². The SMILES string of the molecule is CNC(=O)C=CCCC(NC(=O)OC)C(=O)Nc1cccn(Cc2nc3c(CC(C)C)cccc3n2C(=O)O)c1=O. The summed E-state index contributed by atoms with van der Waals surface area (Å²) < 4.78 is 6.90. The second kappa shape index (κ2) is 13.9. The Hall–Kier alpha value is -4.94. The van der Waals surface area contributed by atoms with Crippen molar-refractivity contribution in [1.82, 2.24) is 24.8 Å². The predicted octanol–water partition coefficient (Wildman–Crippen LogP) is 2.72. The number of methoxy groups -OCH3 is 1. The Labute approximate surface area is 236 Å². The van der Waals surface area contributed by atoms with Crippen molar-refractivity contribution in [3.63, 3.8) is 0 Å². The van der Waals surface area contributed by atoms with Gasteiger partial charge in [-0.1, -0.05) is 32.1 Å². The molecular weight excluding hydrogens is 532 g/mol. The highest BCUT2D eigenvalue weighted by atomic mass is 16.5. The van der Waals surface area contributed by atoms with E-state index in [1.807, 2.05) is 6.07 Å². The molecule has 1 atom stereocenters. The third-order valence-corrected chi connectivity index (χ3v) is 6.18. The Bertz CT molecular complexity index is 1520. The zero-order chi connectivity index (χ0) is 30.1. The Kier molecular flexibility index (Phi) is 10.4. The number of fused-ring (bicyclic) bond motifs is 1. The Balaban J connectivity index is 1.88. The topological polar surface area (TPSA) is 174 Å². The van der Waals surface area contributed by atoms with Crippen LogP contribution in [0.25, 0.3) is 11.0 Å². The molecule has 0 aliphatic rings. The van der Waals surface area contributed by atoms with E-state index in [1.165, 1.54) is 36.0 Å². The molecule has 2 heterocycles. The van der Waals surface area contributed by atoms with Crippen LogP contribution in [0.5, 0.6) is 0 Å². The Morgan fingerprint density at radius 3 is 2.56 bits per heavy atom. The smallest absolute Gasteiger partial charge is 0.417 e. The maximum Gasteiger partial charge on any atom is 0.417 e. The first-order chi connectivity index (χ1) is 19.5. The number of hydrogen-bond donors (Lipinski definition) is 4. The summed E-state index contributed by atoms with van der Waals surface area (Å²) in [5.41, 5.74) is 1.21. The van der Waals surface area contributed by atoms with E-state index in [0.717, 1.165) is 17.2 Å². The minimum atomic E-state index is -1.23. The lowest BCUT2D eigenvalue weighted by molar-refractivity contribution is -0.118. The summed E-state index contributed by atoms with van der Waals surface area (Å²) >= 11 is 0. The number of amides is 3. The number of carbonyl (C=O) groups is 4. The Morgan fingerprint density at radius 2 is 1.90 bits per heavy atom. The first kappa shape index (κ1) is 30.6. The van der Waals surface area contributed by atoms with Crippen molar-refractivity contribution in [1.29, 1.82) is 0 Å². The lowest BCUT2D eigenvalue weighted by Gasteiger charge is -2.17. The number of rotatable bonds is 11. The standard InChI is InChI=1S/C28H34N6O7/c1-17(2)15-18-9-7-12-21-24(18)32-22(34(21)28(39)40)16-33-14-8-11-20(26(33)37)30-25(36)19(31-27(38)41-4)10-5-6-13-23(35)29-3/h6-9,11-14,17,19H,5,10,15-16H2,1-4H3,(H,29,35)(H,30,36)(H,31,38)(H,39,40). The van der Waals surface area contributed by atoms with Crippen molar-refractivity contribution in [3.05, 3.63) is 70.4 Å². The molecule has 0 bridgehead atoms. The van der Waals surface area contributed by atoms with E-state index in [4.69, 9.17) is 0 Å². The highest BCUT2D eigenvalue weighted by Gasteiger charge is 2.23. The molecule has 2 aromatic heterocycles. The van der Waals surface area contributed by atoms with Crippen molar-refractivity contribution in [2.75, 3.05) is 19.5 Å². The van der Waals surface area contributed by atoms with Crippen LogP contribution in [0.15, 0.2) is 53.5 Å². The van der Waals surface area contributed by atoms with E-state index in [1.54, 1.807) is 18.2 Å². The van der Waals surface area contributed by atoms with Gasteiger partial charge >= 0.3 is 12.2 Å². The number of ether oxygens (including phenoxy) is 1. The van der Waals surface area contributed by atoms with Crippen LogP contribution in [0.1, 0.15) is 38.1 Å². The molecule has 1 aromatic carbocycles. The third-order valence-electron chi connectivity index (χ3n) is 6.18. The average Bonchev–Trinajstić information content (AvgIpc) is 3.31. The van der Waals surface area contributed by atoms with Gasteiger partial charge in [-0.05, 0) is 55.0 Å². The van der Waals surface area contributed by atoms with Crippen LogP contribution in [-0.4, -0.2) is 63.4 Å². The van der Waals surface area contributed by atoms with Gasteiger partial charge in [0.25, 0.3) is 5.56 Å². The lowest BCUT2D eigenvalue weighted by atomic mass is 10.0. The van der Waals surface area contributed by atoms with Gasteiger partial charge < -0.3 is 30.4 Å². The second-order valence-electron chi connectivity index (χ2n) is 9.66. The fourth-order valence-corrected chi connectivity index (χ4v) is 4.26. The first-order valence-corrected chi connectivity index (χ1v) is 13.0. The van der Waals surface area contributed by atoms with Gasteiger partial charge in [-0.3, -0.25) is 14.4 Å². The van der Waals surface area contributed by atoms with Crippen molar-refractivity contribution in [2.24, 2.45) is 5.92 Å². The van der Waals surface area contributed by atoms with Crippen LogP contribution in [0.4, 0.5) is 15.3 Å². The minimum absolute atomic E-state index is 0.0754. The number of pyridine rings is 1. The van der Waals surface area contributed by atoms with Crippen LogP contribution in [-0.2, 0) is 27.3 Å². The van der Waals surface area contributed by atoms with Gasteiger partial charge in [0.1, 0.15) is 17.6 Å². The van der Waals surface area contributed by atoms with Crippen LogP contribution >= 0.6 is 0 Å². The molecule has 4 N–H and O–H groups in total. The number of aromatic nitrogens is 3. The quantitative estimate of drug-likeness (QED) is 0.256. The van der Waals surface area contributed by atoms with Crippen molar-refractivity contribution < 1.29 is 29.0 Å². The zero-order valence-corrected chi connectivity index (χ0v) is 23.3. The van der Waals surface area contributed by atoms with Gasteiger partial charge in [-0.2, -0.15) is 0 Å². The molecule has 13 heteroatoms. The van der Waals surface area contributed by atoms with Gasteiger partial charge in [0.15, 0.2) is 0 Å². The maximum atomic E-state index is 13.3. The normalized spacial score (nSPS) is 11.9. The molecule has 0 radical (unpaired) electrons. The number of para-hydroxylation sites is 1. The predicted molar refractivity (Wildman–Crippen MR) is 152 cm³/mol. The minimum Gasteiger partial charge on any atom is -0.464 e. The van der Waals surface area contributed by atoms with Crippen LogP contribution < -0.4 is 21.5 Å². The summed E-state index contributed by atoms with van der Waals surface area (Å²) in [4.78, 5) is 66.3. The summed E-state index contributed by atoms with van der Waals surface area (Å²) in [7, 11) is 2.64. The molecule has 0 saturated heterocycles. The van der Waals surface area contributed by atoms with Crippen molar-refractivity contribution in [2.45, 2.75) is 45.7 Å². The van der Waals surface area contributed by atoms with Gasteiger partial charge in [0.2, 0.25) is 11.8 Å². The van der Waals surface area contributed by atoms with Gasteiger partial charge in [-0.15, -0.1) is 0 Å². The molecule has 13 nitrogen and oxygen atoms in total. The van der Waals surface area contributed by atoms with E-state index in [-0.39, 0.29) is 36.8 Å². The monoisotopic (exact) mass is 566 g/mol. The van der Waals surface area contributed by atoms with Gasteiger partial charge in [0.05, 0.1) is 24.7 Å². The van der Waals surface area contributed by atoms with Gasteiger partial charge in [0, 0.05) is 13.2 Å². The average molecular weight is 567 g/mol. The number of hydrogen-bond acceptors (Lipinski definition) is 7. The number of benzene rings is 1. The van der Waals surface area contributed by atoms with Crippen LogP contribution in [0.3, 0.4) is 0 Å². The summed E-state index contributed by atoms with van der Waals surface area (Å²) in [6.07, 6.45) is 3.35. The first-order valence-electron chi connectivity index (χ1n) is 13.0. The van der Waals surface area contributed by atoms with Crippen molar-refractivity contribution in [3.8, 4) is 0 Å². The summed E-state index contributed by atoms with van der Waals surface area (Å²) in [6.45, 7) is 3.94. The molecule has 41 heavy (non-hydrogen) atoms. The molecular formula is C28H34N6O7. The third kappa shape index (κ3) is 7.81. The number of anilines is 1. The number of carbonyl (C=O) groups excluding carboxylic acids is 3. The summed E-state index contributed by atoms with van der Waals surface area (Å²) in [6, 6.07) is 7.21. The molecule has 1 unspecified atom stereocenters.